The molecule has 0 aliphatic rings. The topological polar surface area (TPSA) is 75.6 Å². The molecule has 21 heavy (non-hydrogen) atoms. The van der Waals surface area contributed by atoms with Crippen molar-refractivity contribution >= 4 is 17.6 Å². The third kappa shape index (κ3) is 3.39. The number of phenols is 1. The van der Waals surface area contributed by atoms with E-state index in [-0.39, 0.29) is 17.2 Å². The van der Waals surface area contributed by atoms with E-state index in [1.165, 1.54) is 14.0 Å². The predicted molar refractivity (Wildman–Crippen MR) is 79.2 cm³/mol. The molecule has 2 rings (SSSR count). The van der Waals surface area contributed by atoms with Gasteiger partial charge in [0.15, 0.2) is 0 Å². The van der Waals surface area contributed by atoms with Crippen molar-refractivity contribution in [2.45, 2.75) is 6.92 Å². The highest BCUT2D eigenvalue weighted by atomic mass is 16.5. The van der Waals surface area contributed by atoms with Crippen molar-refractivity contribution in [2.24, 2.45) is 0 Å². The molecule has 5 heteroatoms. The van der Waals surface area contributed by atoms with Crippen LogP contribution in [0.15, 0.2) is 42.5 Å². The van der Waals surface area contributed by atoms with E-state index in [1.807, 2.05) is 0 Å². The fraction of sp³-hybridized carbons (Fsp3) is 0.125. The van der Waals surface area contributed by atoms with Gasteiger partial charge in [-0.2, -0.15) is 0 Å². The van der Waals surface area contributed by atoms with Gasteiger partial charge in [0.25, 0.3) is 0 Å². The number of hydrogen-bond acceptors (Lipinski definition) is 4. The van der Waals surface area contributed by atoms with Gasteiger partial charge in [0, 0.05) is 6.92 Å². The van der Waals surface area contributed by atoms with Crippen LogP contribution < -0.4 is 5.32 Å². The molecule has 1 amide bonds. The highest BCUT2D eigenvalue weighted by Crippen LogP contribution is 2.27. The van der Waals surface area contributed by atoms with E-state index in [1.54, 1.807) is 42.5 Å². The van der Waals surface area contributed by atoms with Gasteiger partial charge in [-0.3, -0.25) is 4.79 Å². The first-order valence-electron chi connectivity index (χ1n) is 6.30. The van der Waals surface area contributed by atoms with Gasteiger partial charge in [-0.15, -0.1) is 0 Å². The molecule has 2 aromatic rings. The summed E-state index contributed by atoms with van der Waals surface area (Å²) in [5.41, 5.74) is 2.30. The SMILES string of the molecule is COC(=O)c1cc(-c2ccc(O)cc2)ccc1NC(C)=O. The normalized spacial score (nSPS) is 10.0. The van der Waals surface area contributed by atoms with Crippen LogP contribution in [-0.2, 0) is 9.53 Å². The van der Waals surface area contributed by atoms with Crippen LogP contribution in [0.25, 0.3) is 11.1 Å². The highest BCUT2D eigenvalue weighted by Gasteiger charge is 2.14. The number of amides is 1. The number of ether oxygens (including phenoxy) is 1. The Labute approximate surface area is 122 Å². The van der Waals surface area contributed by atoms with Crippen molar-refractivity contribution in [3.8, 4) is 16.9 Å². The lowest BCUT2D eigenvalue weighted by atomic mass is 10.0. The summed E-state index contributed by atoms with van der Waals surface area (Å²) < 4.78 is 4.74. The van der Waals surface area contributed by atoms with Crippen LogP contribution >= 0.6 is 0 Å². The molecule has 0 fully saturated rings. The standard InChI is InChI=1S/C16H15NO4/c1-10(18)17-15-8-5-12(9-14(15)16(20)21-2)11-3-6-13(19)7-4-11/h3-9,19H,1-2H3,(H,17,18). The number of carbonyl (C=O) groups is 2. The van der Waals surface area contributed by atoms with Gasteiger partial charge < -0.3 is 15.2 Å². The zero-order valence-electron chi connectivity index (χ0n) is 11.7. The van der Waals surface area contributed by atoms with E-state index in [9.17, 15) is 14.7 Å². The molecule has 0 saturated carbocycles. The van der Waals surface area contributed by atoms with Crippen molar-refractivity contribution < 1.29 is 19.4 Å². The number of rotatable bonds is 3. The van der Waals surface area contributed by atoms with Crippen LogP contribution in [0, 0.1) is 0 Å². The second-order valence-corrected chi connectivity index (χ2v) is 4.48. The largest absolute Gasteiger partial charge is 0.508 e. The van der Waals surface area contributed by atoms with Crippen molar-refractivity contribution in [3.63, 3.8) is 0 Å². The Kier molecular flexibility index (Phi) is 4.23. The Hall–Kier alpha value is -2.82. The van der Waals surface area contributed by atoms with Crippen LogP contribution in [0.2, 0.25) is 0 Å². The Morgan fingerprint density at radius 3 is 2.24 bits per heavy atom. The molecule has 0 bridgehead atoms. The smallest absolute Gasteiger partial charge is 0.339 e. The lowest BCUT2D eigenvalue weighted by Crippen LogP contribution is -2.12. The number of esters is 1. The summed E-state index contributed by atoms with van der Waals surface area (Å²) >= 11 is 0. The molecule has 0 aliphatic carbocycles. The molecular formula is C16H15NO4. The average molecular weight is 285 g/mol. The Balaban J connectivity index is 2.48. The minimum absolute atomic E-state index is 0.168. The van der Waals surface area contributed by atoms with E-state index in [2.05, 4.69) is 5.32 Å². The summed E-state index contributed by atoms with van der Waals surface area (Å²) in [6, 6.07) is 11.7. The van der Waals surface area contributed by atoms with Crippen molar-refractivity contribution in [1.29, 1.82) is 0 Å². The third-order valence-electron chi connectivity index (χ3n) is 2.94. The maximum absolute atomic E-state index is 11.8. The van der Waals surface area contributed by atoms with Crippen molar-refractivity contribution in [3.05, 3.63) is 48.0 Å². The van der Waals surface area contributed by atoms with Gasteiger partial charge in [0.05, 0.1) is 18.4 Å². The molecule has 0 aromatic heterocycles. The number of aromatic hydroxyl groups is 1. The molecule has 5 nitrogen and oxygen atoms in total. The van der Waals surface area contributed by atoms with E-state index < -0.39 is 5.97 Å². The summed E-state index contributed by atoms with van der Waals surface area (Å²) in [7, 11) is 1.28. The molecule has 108 valence electrons. The lowest BCUT2D eigenvalue weighted by Gasteiger charge is -2.11. The molecule has 0 radical (unpaired) electrons. The zero-order chi connectivity index (χ0) is 15.4. The first kappa shape index (κ1) is 14.6. The molecule has 0 atom stereocenters. The average Bonchev–Trinajstić information content (AvgIpc) is 2.47. The quantitative estimate of drug-likeness (QED) is 0.850. The molecule has 0 heterocycles. The highest BCUT2D eigenvalue weighted by molar-refractivity contribution is 6.01. The van der Waals surface area contributed by atoms with Crippen LogP contribution in [0.4, 0.5) is 5.69 Å². The van der Waals surface area contributed by atoms with Gasteiger partial charge >= 0.3 is 5.97 Å². The minimum atomic E-state index is -0.528. The third-order valence-corrected chi connectivity index (χ3v) is 2.94. The Morgan fingerprint density at radius 2 is 1.67 bits per heavy atom. The zero-order valence-corrected chi connectivity index (χ0v) is 11.7. The first-order chi connectivity index (χ1) is 10.0. The minimum Gasteiger partial charge on any atom is -0.508 e. The van der Waals surface area contributed by atoms with Crippen molar-refractivity contribution in [1.82, 2.24) is 0 Å². The van der Waals surface area contributed by atoms with Gasteiger partial charge in [-0.25, -0.2) is 4.79 Å². The fourth-order valence-corrected chi connectivity index (χ4v) is 1.96. The van der Waals surface area contributed by atoms with Gasteiger partial charge in [-0.05, 0) is 35.4 Å². The van der Waals surface area contributed by atoms with Crippen LogP contribution in [0.5, 0.6) is 5.75 Å². The molecule has 0 spiro atoms. The van der Waals surface area contributed by atoms with Gasteiger partial charge in [-0.1, -0.05) is 18.2 Å². The first-order valence-corrected chi connectivity index (χ1v) is 6.30. The molecule has 0 aliphatic heterocycles. The summed E-state index contributed by atoms with van der Waals surface area (Å²) in [5, 5.41) is 11.9. The van der Waals surface area contributed by atoms with E-state index in [0.29, 0.717) is 5.69 Å². The van der Waals surface area contributed by atoms with Crippen LogP contribution in [0.1, 0.15) is 17.3 Å². The summed E-state index contributed by atoms with van der Waals surface area (Å²) in [4.78, 5) is 23.0. The number of hydrogen-bond donors (Lipinski definition) is 2. The van der Waals surface area contributed by atoms with E-state index in [4.69, 9.17) is 4.74 Å². The Morgan fingerprint density at radius 1 is 1.05 bits per heavy atom. The number of nitrogens with one attached hydrogen (secondary N) is 1. The maximum atomic E-state index is 11.8. The number of methoxy groups -OCH3 is 1. The van der Waals surface area contributed by atoms with Crippen LogP contribution in [0.3, 0.4) is 0 Å². The van der Waals surface area contributed by atoms with E-state index >= 15 is 0 Å². The van der Waals surface area contributed by atoms with Gasteiger partial charge in [0.2, 0.25) is 5.91 Å². The molecular weight excluding hydrogens is 270 g/mol. The summed E-state index contributed by atoms with van der Waals surface area (Å²) in [6.07, 6.45) is 0. The maximum Gasteiger partial charge on any atom is 0.339 e. The summed E-state index contributed by atoms with van der Waals surface area (Å²) in [5.74, 6) is -0.626. The predicted octanol–water partition coefficient (Wildman–Crippen LogP) is 2.80. The van der Waals surface area contributed by atoms with Gasteiger partial charge in [0.1, 0.15) is 5.75 Å². The molecule has 2 aromatic carbocycles. The molecule has 0 unspecified atom stereocenters. The number of benzene rings is 2. The lowest BCUT2D eigenvalue weighted by molar-refractivity contribution is -0.114. The second-order valence-electron chi connectivity index (χ2n) is 4.48. The van der Waals surface area contributed by atoms with E-state index in [0.717, 1.165) is 11.1 Å². The van der Waals surface area contributed by atoms with Crippen molar-refractivity contribution in [2.75, 3.05) is 12.4 Å². The second kappa shape index (κ2) is 6.09. The molecule has 0 saturated heterocycles. The molecule has 2 N–H and O–H groups in total. The Bertz CT molecular complexity index is 677. The monoisotopic (exact) mass is 285 g/mol. The fourth-order valence-electron chi connectivity index (χ4n) is 1.96. The number of anilines is 1. The van der Waals surface area contributed by atoms with Crippen LogP contribution in [-0.4, -0.2) is 24.1 Å². The number of carbonyl (C=O) groups excluding carboxylic acids is 2. The number of phenolic OH excluding ortho intramolecular Hbond substituents is 1. The summed E-state index contributed by atoms with van der Waals surface area (Å²) in [6.45, 7) is 1.37.